The molecule has 0 radical (unpaired) electrons. The maximum Gasteiger partial charge on any atom is 0.273 e. The lowest BCUT2D eigenvalue weighted by atomic mass is 9.89. The molecular formula is C22H21N3O. The lowest BCUT2D eigenvalue weighted by Gasteiger charge is -2.28. The number of fused-ring (bicyclic) bond motifs is 2. The summed E-state index contributed by atoms with van der Waals surface area (Å²) in [6.07, 6.45) is 0. The normalized spacial score (nSPS) is 24.8. The van der Waals surface area contributed by atoms with Gasteiger partial charge in [0.25, 0.3) is 5.91 Å². The highest BCUT2D eigenvalue weighted by atomic mass is 16.2. The Morgan fingerprint density at radius 3 is 2.65 bits per heavy atom. The molecule has 2 aliphatic heterocycles. The molecule has 1 amide bonds. The van der Waals surface area contributed by atoms with Crippen molar-refractivity contribution in [3.63, 3.8) is 0 Å². The lowest BCUT2D eigenvalue weighted by Crippen LogP contribution is -2.35. The Kier molecular flexibility index (Phi) is 3.71. The van der Waals surface area contributed by atoms with E-state index < -0.39 is 0 Å². The molecule has 0 saturated carbocycles. The summed E-state index contributed by atoms with van der Waals surface area (Å²) in [5.74, 6) is 1.03. The first-order valence-electron chi connectivity index (χ1n) is 9.24. The van der Waals surface area contributed by atoms with Crippen molar-refractivity contribution in [3.05, 3.63) is 78.0 Å². The van der Waals surface area contributed by atoms with Crippen LogP contribution in [-0.4, -0.2) is 35.4 Å². The number of benzene rings is 2. The second kappa shape index (κ2) is 6.22. The van der Waals surface area contributed by atoms with Crippen molar-refractivity contribution in [1.29, 1.82) is 0 Å². The molecule has 1 aromatic heterocycles. The highest BCUT2D eigenvalue weighted by molar-refractivity contribution is 5.95. The number of carbonyl (C=O) groups is 1. The molecule has 4 heteroatoms. The quantitative estimate of drug-likeness (QED) is 0.777. The number of likely N-dealkylation sites (tertiary alicyclic amines) is 1. The van der Waals surface area contributed by atoms with Gasteiger partial charge in [-0.05, 0) is 23.6 Å². The third-order valence-electron chi connectivity index (χ3n) is 5.78. The van der Waals surface area contributed by atoms with Gasteiger partial charge < -0.3 is 10.2 Å². The first-order valence-corrected chi connectivity index (χ1v) is 9.24. The van der Waals surface area contributed by atoms with Crippen molar-refractivity contribution >= 4 is 16.8 Å². The number of nitrogens with zero attached hydrogens (tertiary/aromatic N) is 2. The molecule has 0 spiro atoms. The number of amides is 1. The SMILES string of the molecule is O=C(c1ccc2ccccc2n1)N1C[C@@H]2CNC[C@@H]2[C@H]1c1ccccc1. The zero-order chi connectivity index (χ0) is 17.5. The maximum atomic E-state index is 13.3. The van der Waals surface area contributed by atoms with Gasteiger partial charge in [-0.1, -0.05) is 54.6 Å². The van der Waals surface area contributed by atoms with Crippen LogP contribution < -0.4 is 5.32 Å². The zero-order valence-corrected chi connectivity index (χ0v) is 14.5. The predicted molar refractivity (Wildman–Crippen MR) is 102 cm³/mol. The molecule has 2 fully saturated rings. The van der Waals surface area contributed by atoms with Crippen LogP contribution in [0.15, 0.2) is 66.7 Å². The van der Waals surface area contributed by atoms with E-state index in [1.54, 1.807) is 0 Å². The van der Waals surface area contributed by atoms with Gasteiger partial charge in [-0.15, -0.1) is 0 Å². The van der Waals surface area contributed by atoms with Gasteiger partial charge in [0.15, 0.2) is 0 Å². The molecule has 5 rings (SSSR count). The molecule has 3 heterocycles. The Balaban J connectivity index is 1.53. The molecule has 2 aromatic carbocycles. The predicted octanol–water partition coefficient (Wildman–Crippen LogP) is 3.27. The van der Waals surface area contributed by atoms with Crippen molar-refractivity contribution in [3.8, 4) is 0 Å². The minimum atomic E-state index is 0.0407. The molecule has 2 aliphatic rings. The van der Waals surface area contributed by atoms with E-state index >= 15 is 0 Å². The van der Waals surface area contributed by atoms with E-state index in [9.17, 15) is 4.79 Å². The summed E-state index contributed by atoms with van der Waals surface area (Å²) >= 11 is 0. The van der Waals surface area contributed by atoms with Crippen LogP contribution in [0.3, 0.4) is 0 Å². The van der Waals surface area contributed by atoms with E-state index in [2.05, 4.69) is 34.6 Å². The van der Waals surface area contributed by atoms with E-state index in [0.29, 0.717) is 17.5 Å². The first-order chi connectivity index (χ1) is 12.8. The fraction of sp³-hybridized carbons (Fsp3) is 0.273. The van der Waals surface area contributed by atoms with Crippen LogP contribution in [0.5, 0.6) is 0 Å². The minimum absolute atomic E-state index is 0.0407. The summed E-state index contributed by atoms with van der Waals surface area (Å²) in [6.45, 7) is 2.76. The average molecular weight is 343 g/mol. The lowest BCUT2D eigenvalue weighted by molar-refractivity contribution is 0.0708. The van der Waals surface area contributed by atoms with Crippen LogP contribution in [0.4, 0.5) is 0 Å². The Morgan fingerprint density at radius 1 is 0.962 bits per heavy atom. The summed E-state index contributed by atoms with van der Waals surface area (Å²) in [4.78, 5) is 20.0. The Labute approximate surface area is 152 Å². The van der Waals surface area contributed by atoms with Crippen molar-refractivity contribution < 1.29 is 4.79 Å². The molecule has 130 valence electrons. The number of aromatic nitrogens is 1. The third kappa shape index (κ3) is 2.49. The van der Waals surface area contributed by atoms with Crippen molar-refractivity contribution in [2.75, 3.05) is 19.6 Å². The summed E-state index contributed by atoms with van der Waals surface area (Å²) in [6, 6.07) is 22.3. The fourth-order valence-corrected chi connectivity index (χ4v) is 4.54. The van der Waals surface area contributed by atoms with E-state index in [4.69, 9.17) is 0 Å². The van der Waals surface area contributed by atoms with Gasteiger partial charge in [0, 0.05) is 30.9 Å². The van der Waals surface area contributed by atoms with Crippen LogP contribution in [0, 0.1) is 11.8 Å². The largest absolute Gasteiger partial charge is 0.330 e. The van der Waals surface area contributed by atoms with Crippen LogP contribution in [0.25, 0.3) is 10.9 Å². The number of nitrogens with one attached hydrogen (secondary N) is 1. The average Bonchev–Trinajstić information content (AvgIpc) is 3.29. The number of carbonyl (C=O) groups excluding carboxylic acids is 1. The summed E-state index contributed by atoms with van der Waals surface area (Å²) < 4.78 is 0. The molecule has 26 heavy (non-hydrogen) atoms. The number of pyridine rings is 1. The molecule has 3 atom stereocenters. The molecule has 0 bridgehead atoms. The van der Waals surface area contributed by atoms with E-state index in [1.807, 2.05) is 47.4 Å². The smallest absolute Gasteiger partial charge is 0.273 e. The molecular weight excluding hydrogens is 322 g/mol. The second-order valence-corrected chi connectivity index (χ2v) is 7.28. The summed E-state index contributed by atoms with van der Waals surface area (Å²) in [5.41, 5.74) is 2.63. The van der Waals surface area contributed by atoms with Crippen LogP contribution in [-0.2, 0) is 0 Å². The molecule has 1 N–H and O–H groups in total. The standard InChI is InChI=1S/C22H21N3O/c26-22(20-11-10-15-6-4-5-9-19(15)24-20)25-14-17-12-23-13-18(17)21(25)16-7-2-1-3-8-16/h1-11,17-18,21,23H,12-14H2/t17-,18-,21+/m0/s1. The van der Waals surface area contributed by atoms with Gasteiger partial charge in [0.2, 0.25) is 0 Å². The monoisotopic (exact) mass is 343 g/mol. The number of rotatable bonds is 2. The van der Waals surface area contributed by atoms with Crippen molar-refractivity contribution in [1.82, 2.24) is 15.2 Å². The second-order valence-electron chi connectivity index (χ2n) is 7.28. The van der Waals surface area contributed by atoms with Gasteiger partial charge in [0.1, 0.15) is 5.69 Å². The molecule has 0 aliphatic carbocycles. The van der Waals surface area contributed by atoms with Crippen LogP contribution >= 0.6 is 0 Å². The Hall–Kier alpha value is -2.72. The number of para-hydroxylation sites is 1. The van der Waals surface area contributed by atoms with Gasteiger partial charge in [-0.2, -0.15) is 0 Å². The summed E-state index contributed by atoms with van der Waals surface area (Å²) in [7, 11) is 0. The van der Waals surface area contributed by atoms with Gasteiger partial charge >= 0.3 is 0 Å². The van der Waals surface area contributed by atoms with Gasteiger partial charge in [0.05, 0.1) is 11.6 Å². The third-order valence-corrected chi connectivity index (χ3v) is 5.78. The summed E-state index contributed by atoms with van der Waals surface area (Å²) in [5, 5.41) is 4.56. The molecule has 3 aromatic rings. The fourth-order valence-electron chi connectivity index (χ4n) is 4.54. The van der Waals surface area contributed by atoms with Gasteiger partial charge in [-0.25, -0.2) is 4.98 Å². The highest BCUT2D eigenvalue weighted by Crippen LogP contribution is 2.43. The van der Waals surface area contributed by atoms with E-state index in [-0.39, 0.29) is 11.9 Å². The van der Waals surface area contributed by atoms with Gasteiger partial charge in [-0.3, -0.25) is 4.79 Å². The minimum Gasteiger partial charge on any atom is -0.330 e. The number of hydrogen-bond donors (Lipinski definition) is 1. The van der Waals surface area contributed by atoms with Crippen molar-refractivity contribution in [2.24, 2.45) is 11.8 Å². The maximum absolute atomic E-state index is 13.3. The van der Waals surface area contributed by atoms with Crippen molar-refractivity contribution in [2.45, 2.75) is 6.04 Å². The Bertz CT molecular complexity index is 956. The molecule has 4 nitrogen and oxygen atoms in total. The Morgan fingerprint density at radius 2 is 1.77 bits per heavy atom. The topological polar surface area (TPSA) is 45.2 Å². The van der Waals surface area contributed by atoms with Crippen LogP contribution in [0.2, 0.25) is 0 Å². The zero-order valence-electron chi connectivity index (χ0n) is 14.5. The molecule has 2 saturated heterocycles. The van der Waals surface area contributed by atoms with Crippen LogP contribution in [0.1, 0.15) is 22.1 Å². The highest BCUT2D eigenvalue weighted by Gasteiger charge is 2.47. The first kappa shape index (κ1) is 15.5. The van der Waals surface area contributed by atoms with E-state index in [0.717, 1.165) is 30.5 Å². The van der Waals surface area contributed by atoms with E-state index in [1.165, 1.54) is 5.56 Å². The molecule has 0 unspecified atom stereocenters. The number of hydrogen-bond acceptors (Lipinski definition) is 3.